The van der Waals surface area contributed by atoms with Gasteiger partial charge in [0, 0.05) is 18.2 Å². The highest BCUT2D eigenvalue weighted by Gasteiger charge is 2.31. The standard InChI is InChI=1S/C10H12F3NO3.ClH/c11-10(12,13)17-6-1-2-9(16)7(5-6)8(14)3-4-15;/h1-2,5,8,15-16H,3-4,14H2;1H. The van der Waals surface area contributed by atoms with E-state index in [2.05, 4.69) is 4.74 Å². The molecular formula is C10H13ClF3NO3. The Morgan fingerprint density at radius 1 is 1.33 bits per heavy atom. The van der Waals surface area contributed by atoms with E-state index in [1.165, 1.54) is 0 Å². The number of nitrogens with two attached hydrogens (primary N) is 1. The first kappa shape index (κ1) is 16.8. The van der Waals surface area contributed by atoms with E-state index >= 15 is 0 Å². The summed E-state index contributed by atoms with van der Waals surface area (Å²) in [6.07, 6.45) is -4.67. The third kappa shape index (κ3) is 4.99. The average Bonchev–Trinajstić information content (AvgIpc) is 2.19. The molecule has 18 heavy (non-hydrogen) atoms. The fraction of sp³-hybridized carbons (Fsp3) is 0.400. The maximum absolute atomic E-state index is 12.0. The maximum Gasteiger partial charge on any atom is 0.573 e. The third-order valence-electron chi connectivity index (χ3n) is 2.07. The quantitative estimate of drug-likeness (QED) is 0.793. The van der Waals surface area contributed by atoms with Crippen molar-refractivity contribution in [2.24, 2.45) is 5.73 Å². The van der Waals surface area contributed by atoms with E-state index in [1.54, 1.807) is 0 Å². The molecule has 0 heterocycles. The summed E-state index contributed by atoms with van der Waals surface area (Å²) in [4.78, 5) is 0. The number of benzene rings is 1. The van der Waals surface area contributed by atoms with Gasteiger partial charge in [-0.15, -0.1) is 25.6 Å². The summed E-state index contributed by atoms with van der Waals surface area (Å²) in [7, 11) is 0. The number of ether oxygens (including phenoxy) is 1. The molecule has 1 aromatic carbocycles. The highest BCUT2D eigenvalue weighted by atomic mass is 35.5. The minimum Gasteiger partial charge on any atom is -0.508 e. The number of hydrogen-bond acceptors (Lipinski definition) is 4. The molecule has 0 bridgehead atoms. The molecule has 1 aromatic rings. The highest BCUT2D eigenvalue weighted by molar-refractivity contribution is 5.85. The topological polar surface area (TPSA) is 75.7 Å². The first-order chi connectivity index (χ1) is 7.83. The van der Waals surface area contributed by atoms with Crippen LogP contribution in [0.2, 0.25) is 0 Å². The van der Waals surface area contributed by atoms with E-state index in [-0.39, 0.29) is 36.7 Å². The van der Waals surface area contributed by atoms with Crippen LogP contribution in [0.15, 0.2) is 18.2 Å². The highest BCUT2D eigenvalue weighted by Crippen LogP contribution is 2.31. The predicted molar refractivity (Wildman–Crippen MR) is 60.7 cm³/mol. The zero-order valence-electron chi connectivity index (χ0n) is 9.15. The fourth-order valence-corrected chi connectivity index (χ4v) is 1.32. The van der Waals surface area contributed by atoms with Crippen LogP contribution in [0, 0.1) is 0 Å². The van der Waals surface area contributed by atoms with Crippen LogP contribution in [-0.2, 0) is 0 Å². The second-order valence-electron chi connectivity index (χ2n) is 3.39. The Bertz CT molecular complexity index is 387. The number of aliphatic hydroxyl groups is 1. The Hall–Kier alpha value is -1.18. The number of rotatable bonds is 4. The Kier molecular flexibility index (Phi) is 6.23. The van der Waals surface area contributed by atoms with Crippen molar-refractivity contribution >= 4 is 12.4 Å². The minimum atomic E-state index is -4.80. The summed E-state index contributed by atoms with van der Waals surface area (Å²) in [5.41, 5.74) is 5.68. The molecule has 4 N–H and O–H groups in total. The fourth-order valence-electron chi connectivity index (χ4n) is 1.32. The van der Waals surface area contributed by atoms with E-state index in [0.29, 0.717) is 0 Å². The van der Waals surface area contributed by atoms with Gasteiger partial charge >= 0.3 is 6.36 Å². The lowest BCUT2D eigenvalue weighted by Crippen LogP contribution is -2.18. The first-order valence-corrected chi connectivity index (χ1v) is 4.78. The van der Waals surface area contributed by atoms with Crippen molar-refractivity contribution in [3.63, 3.8) is 0 Å². The molecule has 0 amide bonds. The van der Waals surface area contributed by atoms with Gasteiger partial charge in [-0.25, -0.2) is 0 Å². The second-order valence-corrected chi connectivity index (χ2v) is 3.39. The molecule has 0 aliphatic carbocycles. The molecule has 104 valence electrons. The van der Waals surface area contributed by atoms with Crippen LogP contribution in [0.25, 0.3) is 0 Å². The molecule has 0 aliphatic heterocycles. The number of halogens is 4. The van der Waals surface area contributed by atoms with Gasteiger partial charge in [-0.05, 0) is 24.6 Å². The second kappa shape index (κ2) is 6.67. The van der Waals surface area contributed by atoms with Gasteiger partial charge in [0.1, 0.15) is 11.5 Å². The van der Waals surface area contributed by atoms with Crippen molar-refractivity contribution in [2.75, 3.05) is 6.61 Å². The Morgan fingerprint density at radius 2 is 1.94 bits per heavy atom. The maximum atomic E-state index is 12.0. The molecular weight excluding hydrogens is 275 g/mol. The van der Waals surface area contributed by atoms with Crippen LogP contribution in [0.5, 0.6) is 11.5 Å². The largest absolute Gasteiger partial charge is 0.573 e. The Balaban J connectivity index is 0.00000289. The van der Waals surface area contributed by atoms with Crippen molar-refractivity contribution in [1.82, 2.24) is 0 Å². The van der Waals surface area contributed by atoms with Crippen molar-refractivity contribution in [3.05, 3.63) is 23.8 Å². The van der Waals surface area contributed by atoms with E-state index in [0.717, 1.165) is 18.2 Å². The average molecular weight is 288 g/mol. The van der Waals surface area contributed by atoms with Gasteiger partial charge in [-0.3, -0.25) is 0 Å². The number of phenolic OH excluding ortho intramolecular Hbond substituents is 1. The molecule has 0 saturated carbocycles. The van der Waals surface area contributed by atoms with E-state index in [1.807, 2.05) is 0 Å². The molecule has 0 spiro atoms. The zero-order valence-corrected chi connectivity index (χ0v) is 9.96. The van der Waals surface area contributed by atoms with Crippen LogP contribution in [0.4, 0.5) is 13.2 Å². The van der Waals surface area contributed by atoms with Crippen LogP contribution in [0.1, 0.15) is 18.0 Å². The molecule has 1 unspecified atom stereocenters. The molecule has 4 nitrogen and oxygen atoms in total. The Morgan fingerprint density at radius 3 is 2.44 bits per heavy atom. The van der Waals surface area contributed by atoms with E-state index < -0.39 is 18.2 Å². The van der Waals surface area contributed by atoms with Gasteiger partial charge in [-0.1, -0.05) is 0 Å². The Labute approximate surface area is 108 Å². The van der Waals surface area contributed by atoms with Gasteiger partial charge in [0.25, 0.3) is 0 Å². The molecule has 0 saturated heterocycles. The van der Waals surface area contributed by atoms with Crippen LogP contribution < -0.4 is 10.5 Å². The predicted octanol–water partition coefficient (Wildman–Crippen LogP) is 2.09. The number of aromatic hydroxyl groups is 1. The lowest BCUT2D eigenvalue weighted by atomic mass is 10.0. The van der Waals surface area contributed by atoms with Crippen molar-refractivity contribution in [1.29, 1.82) is 0 Å². The summed E-state index contributed by atoms with van der Waals surface area (Å²) in [6, 6.07) is 2.30. The van der Waals surface area contributed by atoms with Crippen molar-refractivity contribution in [2.45, 2.75) is 18.8 Å². The molecule has 0 aliphatic rings. The monoisotopic (exact) mass is 287 g/mol. The van der Waals surface area contributed by atoms with Crippen molar-refractivity contribution < 1.29 is 28.1 Å². The lowest BCUT2D eigenvalue weighted by molar-refractivity contribution is -0.274. The lowest BCUT2D eigenvalue weighted by Gasteiger charge is -2.15. The number of aliphatic hydroxyl groups excluding tert-OH is 1. The van der Waals surface area contributed by atoms with Gasteiger partial charge in [0.05, 0.1) is 0 Å². The number of alkyl halides is 3. The van der Waals surface area contributed by atoms with Gasteiger partial charge in [0.15, 0.2) is 0 Å². The van der Waals surface area contributed by atoms with E-state index in [9.17, 15) is 18.3 Å². The number of phenols is 1. The van der Waals surface area contributed by atoms with Gasteiger partial charge in [-0.2, -0.15) is 0 Å². The summed E-state index contributed by atoms with van der Waals surface area (Å²) in [5.74, 6) is -0.695. The molecule has 8 heteroatoms. The SMILES string of the molecule is Cl.NC(CCO)c1cc(OC(F)(F)F)ccc1O. The van der Waals surface area contributed by atoms with Crippen LogP contribution in [-0.4, -0.2) is 23.2 Å². The smallest absolute Gasteiger partial charge is 0.508 e. The number of hydrogen-bond donors (Lipinski definition) is 3. The summed E-state index contributed by atoms with van der Waals surface area (Å²) < 4.78 is 39.6. The molecule has 0 aromatic heterocycles. The van der Waals surface area contributed by atoms with Crippen LogP contribution in [0.3, 0.4) is 0 Å². The van der Waals surface area contributed by atoms with Gasteiger partial charge in [0.2, 0.25) is 0 Å². The molecule has 0 radical (unpaired) electrons. The molecule has 0 fully saturated rings. The minimum absolute atomic E-state index is 0. The third-order valence-corrected chi connectivity index (χ3v) is 2.07. The molecule has 1 rings (SSSR count). The zero-order chi connectivity index (χ0) is 13.1. The van der Waals surface area contributed by atoms with E-state index in [4.69, 9.17) is 10.8 Å². The normalized spacial score (nSPS) is 12.7. The first-order valence-electron chi connectivity index (χ1n) is 4.78. The van der Waals surface area contributed by atoms with Crippen molar-refractivity contribution in [3.8, 4) is 11.5 Å². The van der Waals surface area contributed by atoms with Crippen LogP contribution >= 0.6 is 12.4 Å². The van der Waals surface area contributed by atoms with Gasteiger partial charge < -0.3 is 20.7 Å². The summed E-state index contributed by atoms with van der Waals surface area (Å²) in [5, 5.41) is 18.1. The summed E-state index contributed by atoms with van der Waals surface area (Å²) >= 11 is 0. The molecule has 1 atom stereocenters. The summed E-state index contributed by atoms with van der Waals surface area (Å²) in [6.45, 7) is -0.231.